The Labute approximate surface area is 113 Å². The van der Waals surface area contributed by atoms with Crippen LogP contribution in [0.25, 0.3) is 0 Å². The molecule has 4 heteroatoms. The van der Waals surface area contributed by atoms with Crippen molar-refractivity contribution in [3.05, 3.63) is 30.3 Å². The summed E-state index contributed by atoms with van der Waals surface area (Å²) in [6, 6.07) is 9.01. The van der Waals surface area contributed by atoms with Gasteiger partial charge in [0.05, 0.1) is 6.61 Å². The Balaban J connectivity index is 2.06. The van der Waals surface area contributed by atoms with Crippen molar-refractivity contribution in [1.82, 2.24) is 0 Å². The van der Waals surface area contributed by atoms with Crippen molar-refractivity contribution in [3.8, 4) is 5.75 Å². The molecule has 4 nitrogen and oxygen atoms in total. The first kappa shape index (κ1) is 15.2. The monoisotopic (exact) mass is 264 g/mol. The fraction of sp³-hybridized carbons (Fsp3) is 0.467. The van der Waals surface area contributed by atoms with E-state index in [1.54, 1.807) is 19.1 Å². The molecule has 0 heterocycles. The van der Waals surface area contributed by atoms with Gasteiger partial charge in [-0.15, -0.1) is 0 Å². The number of esters is 2. The van der Waals surface area contributed by atoms with Gasteiger partial charge in [0.2, 0.25) is 0 Å². The maximum Gasteiger partial charge on any atom is 0.311 e. The van der Waals surface area contributed by atoms with Gasteiger partial charge in [-0.3, -0.25) is 9.59 Å². The summed E-state index contributed by atoms with van der Waals surface area (Å²) in [6.07, 6.45) is 3.09. The molecule has 0 bridgehead atoms. The van der Waals surface area contributed by atoms with Crippen LogP contribution in [0.15, 0.2) is 30.3 Å². The standard InChI is InChI=1S/C15H20O4/c1-2-18-14(16)11-7-4-8-12-15(17)19-13-9-5-3-6-10-13/h3,5-6,9-10H,2,4,7-8,11-12H2,1H3. The lowest BCUT2D eigenvalue weighted by Crippen LogP contribution is -2.07. The van der Waals surface area contributed by atoms with Crippen molar-refractivity contribution >= 4 is 11.9 Å². The van der Waals surface area contributed by atoms with E-state index >= 15 is 0 Å². The molecule has 0 aromatic heterocycles. The zero-order valence-corrected chi connectivity index (χ0v) is 11.3. The Hall–Kier alpha value is -1.84. The van der Waals surface area contributed by atoms with E-state index in [9.17, 15) is 9.59 Å². The van der Waals surface area contributed by atoms with Crippen LogP contribution in [0.1, 0.15) is 39.0 Å². The third kappa shape index (κ3) is 7.24. The summed E-state index contributed by atoms with van der Waals surface area (Å²) in [5.41, 5.74) is 0. The molecule has 0 radical (unpaired) electrons. The topological polar surface area (TPSA) is 52.6 Å². The summed E-state index contributed by atoms with van der Waals surface area (Å²) >= 11 is 0. The van der Waals surface area contributed by atoms with Crippen LogP contribution in [0.3, 0.4) is 0 Å². The number of unbranched alkanes of at least 4 members (excludes halogenated alkanes) is 2. The van der Waals surface area contributed by atoms with Crippen LogP contribution in [0.5, 0.6) is 5.75 Å². The van der Waals surface area contributed by atoms with Gasteiger partial charge in [0.25, 0.3) is 0 Å². The third-order valence-electron chi connectivity index (χ3n) is 2.54. The van der Waals surface area contributed by atoms with Crippen LogP contribution in [0.4, 0.5) is 0 Å². The molecule has 0 atom stereocenters. The Morgan fingerprint density at radius 3 is 2.21 bits per heavy atom. The van der Waals surface area contributed by atoms with Gasteiger partial charge in [0.1, 0.15) is 5.75 Å². The lowest BCUT2D eigenvalue weighted by Gasteiger charge is -2.04. The van der Waals surface area contributed by atoms with Crippen molar-refractivity contribution in [2.24, 2.45) is 0 Å². The van der Waals surface area contributed by atoms with E-state index in [1.165, 1.54) is 0 Å². The van der Waals surface area contributed by atoms with Gasteiger partial charge in [-0.05, 0) is 31.9 Å². The molecule has 0 unspecified atom stereocenters. The molecule has 0 fully saturated rings. The van der Waals surface area contributed by atoms with Gasteiger partial charge in [-0.25, -0.2) is 0 Å². The Morgan fingerprint density at radius 1 is 0.947 bits per heavy atom. The van der Waals surface area contributed by atoms with Crippen LogP contribution in [-0.4, -0.2) is 18.5 Å². The first-order chi connectivity index (χ1) is 9.22. The number of rotatable bonds is 8. The molecule has 0 saturated heterocycles. The number of hydrogen-bond donors (Lipinski definition) is 0. The highest BCUT2D eigenvalue weighted by Gasteiger charge is 2.05. The number of carbonyl (C=O) groups excluding carboxylic acids is 2. The van der Waals surface area contributed by atoms with Gasteiger partial charge < -0.3 is 9.47 Å². The van der Waals surface area contributed by atoms with E-state index in [4.69, 9.17) is 9.47 Å². The molecule has 104 valence electrons. The largest absolute Gasteiger partial charge is 0.466 e. The average Bonchev–Trinajstić information content (AvgIpc) is 2.40. The van der Waals surface area contributed by atoms with E-state index in [0.717, 1.165) is 19.3 Å². The van der Waals surface area contributed by atoms with Crippen molar-refractivity contribution in [3.63, 3.8) is 0 Å². The zero-order valence-electron chi connectivity index (χ0n) is 11.3. The third-order valence-corrected chi connectivity index (χ3v) is 2.54. The molecule has 1 rings (SSSR count). The quantitative estimate of drug-likeness (QED) is 0.411. The smallest absolute Gasteiger partial charge is 0.311 e. The van der Waals surface area contributed by atoms with Crippen LogP contribution in [-0.2, 0) is 14.3 Å². The summed E-state index contributed by atoms with van der Waals surface area (Å²) in [5, 5.41) is 0. The number of ether oxygens (including phenoxy) is 2. The summed E-state index contributed by atoms with van der Waals surface area (Å²) < 4.78 is 9.97. The maximum atomic E-state index is 11.5. The minimum absolute atomic E-state index is 0.172. The minimum atomic E-state index is -0.234. The van der Waals surface area contributed by atoms with Gasteiger partial charge in [-0.1, -0.05) is 24.6 Å². The predicted molar refractivity (Wildman–Crippen MR) is 71.8 cm³/mol. The first-order valence-electron chi connectivity index (χ1n) is 6.63. The second-order valence-electron chi connectivity index (χ2n) is 4.15. The Bertz CT molecular complexity index is 386. The highest BCUT2D eigenvalue weighted by atomic mass is 16.5. The van der Waals surface area contributed by atoms with Crippen molar-refractivity contribution < 1.29 is 19.1 Å². The molecule has 1 aromatic rings. The van der Waals surface area contributed by atoms with Crippen molar-refractivity contribution in [1.29, 1.82) is 0 Å². The summed E-state index contributed by atoms with van der Waals surface area (Å²) in [7, 11) is 0. The lowest BCUT2D eigenvalue weighted by molar-refractivity contribution is -0.143. The number of benzene rings is 1. The normalized spacial score (nSPS) is 9.95. The van der Waals surface area contributed by atoms with Crippen LogP contribution in [0.2, 0.25) is 0 Å². The molecular formula is C15H20O4. The predicted octanol–water partition coefficient (Wildman–Crippen LogP) is 3.11. The Kier molecular flexibility index (Phi) is 7.32. The molecule has 0 aliphatic rings. The highest BCUT2D eigenvalue weighted by Crippen LogP contribution is 2.11. The summed E-state index contributed by atoms with van der Waals surface area (Å²) in [4.78, 5) is 22.6. The maximum absolute atomic E-state index is 11.5. The summed E-state index contributed by atoms with van der Waals surface area (Å²) in [6.45, 7) is 2.21. The molecule has 0 aliphatic carbocycles. The van der Waals surface area contributed by atoms with Crippen molar-refractivity contribution in [2.75, 3.05) is 6.61 Å². The summed E-state index contributed by atoms with van der Waals surface area (Å²) in [5.74, 6) is 0.163. The first-order valence-corrected chi connectivity index (χ1v) is 6.63. The SMILES string of the molecule is CCOC(=O)CCCCCC(=O)Oc1ccccc1. The van der Waals surface area contributed by atoms with Gasteiger partial charge in [-0.2, -0.15) is 0 Å². The van der Waals surface area contributed by atoms with E-state index in [2.05, 4.69) is 0 Å². The number of para-hydroxylation sites is 1. The van der Waals surface area contributed by atoms with Crippen molar-refractivity contribution in [2.45, 2.75) is 39.0 Å². The van der Waals surface area contributed by atoms with E-state index < -0.39 is 0 Å². The zero-order chi connectivity index (χ0) is 13.9. The van der Waals surface area contributed by atoms with E-state index in [1.807, 2.05) is 18.2 Å². The van der Waals surface area contributed by atoms with Gasteiger partial charge in [0.15, 0.2) is 0 Å². The molecule has 0 aliphatic heterocycles. The minimum Gasteiger partial charge on any atom is -0.466 e. The second-order valence-corrected chi connectivity index (χ2v) is 4.15. The molecule has 0 amide bonds. The fourth-order valence-electron chi connectivity index (χ4n) is 1.62. The van der Waals surface area contributed by atoms with Gasteiger partial charge >= 0.3 is 11.9 Å². The van der Waals surface area contributed by atoms with Crippen LogP contribution in [0, 0.1) is 0 Å². The van der Waals surface area contributed by atoms with E-state index in [-0.39, 0.29) is 11.9 Å². The average molecular weight is 264 g/mol. The highest BCUT2D eigenvalue weighted by molar-refractivity contribution is 5.72. The van der Waals surface area contributed by atoms with Gasteiger partial charge in [0, 0.05) is 12.8 Å². The number of carbonyl (C=O) groups is 2. The van der Waals surface area contributed by atoms with Crippen LogP contribution >= 0.6 is 0 Å². The van der Waals surface area contributed by atoms with Crippen LogP contribution < -0.4 is 4.74 Å². The molecule has 1 aromatic carbocycles. The Morgan fingerprint density at radius 2 is 1.58 bits per heavy atom. The number of hydrogen-bond acceptors (Lipinski definition) is 4. The molecule has 19 heavy (non-hydrogen) atoms. The fourth-order valence-corrected chi connectivity index (χ4v) is 1.62. The molecular weight excluding hydrogens is 244 g/mol. The lowest BCUT2D eigenvalue weighted by atomic mass is 10.1. The molecule has 0 spiro atoms. The second kappa shape index (κ2) is 9.14. The molecule has 0 saturated carbocycles. The van der Waals surface area contributed by atoms with E-state index in [0.29, 0.717) is 25.2 Å². The molecule has 0 N–H and O–H groups in total.